The van der Waals surface area contributed by atoms with E-state index in [9.17, 15) is 4.79 Å². The number of hydrogen-bond acceptors (Lipinski definition) is 5. The number of morpholine rings is 1. The van der Waals surface area contributed by atoms with Crippen LogP contribution >= 0.6 is 0 Å². The van der Waals surface area contributed by atoms with E-state index in [4.69, 9.17) is 18.9 Å². The third-order valence-corrected chi connectivity index (χ3v) is 3.62. The highest BCUT2D eigenvalue weighted by atomic mass is 16.5. The van der Waals surface area contributed by atoms with Crippen LogP contribution in [0.25, 0.3) is 0 Å². The highest BCUT2D eigenvalue weighted by Crippen LogP contribution is 2.38. The lowest BCUT2D eigenvalue weighted by Gasteiger charge is -2.35. The van der Waals surface area contributed by atoms with E-state index in [1.807, 2.05) is 14.8 Å². The number of carbonyl (C=O) groups is 1. The Morgan fingerprint density at radius 3 is 2.23 bits per heavy atom. The second-order valence-corrected chi connectivity index (χ2v) is 5.38. The molecule has 1 amide bonds. The fraction of sp³-hybridized carbons (Fsp3) is 0.533. The lowest BCUT2D eigenvalue weighted by molar-refractivity contribution is -0.0319. The van der Waals surface area contributed by atoms with Crippen molar-refractivity contribution >= 4 is 13.8 Å². The smallest absolute Gasteiger partial charge is 0.254 e. The van der Waals surface area contributed by atoms with E-state index < -0.39 is 0 Å². The third-order valence-electron chi connectivity index (χ3n) is 3.62. The molecule has 1 aliphatic heterocycles. The highest BCUT2D eigenvalue weighted by Gasteiger charge is 2.28. The first-order chi connectivity index (χ1) is 10.5. The Morgan fingerprint density at radius 2 is 1.77 bits per heavy atom. The molecule has 1 fully saturated rings. The van der Waals surface area contributed by atoms with Gasteiger partial charge in [0, 0.05) is 24.7 Å². The third kappa shape index (κ3) is 3.30. The zero-order chi connectivity index (χ0) is 16.3. The molecule has 0 aromatic heterocycles. The largest absolute Gasteiger partial charge is 0.493 e. The van der Waals surface area contributed by atoms with Crippen molar-refractivity contribution in [1.29, 1.82) is 0 Å². The van der Waals surface area contributed by atoms with Crippen LogP contribution in [0, 0.1) is 0 Å². The molecule has 7 heteroatoms. The Bertz CT molecular complexity index is 516. The number of carbonyl (C=O) groups excluding carboxylic acids is 1. The fourth-order valence-corrected chi connectivity index (χ4v) is 2.73. The summed E-state index contributed by atoms with van der Waals surface area (Å²) in [6, 6.07) is 3.37. The van der Waals surface area contributed by atoms with Gasteiger partial charge in [0.2, 0.25) is 5.75 Å². The summed E-state index contributed by atoms with van der Waals surface area (Å²) in [7, 11) is 6.56. The Morgan fingerprint density at radius 1 is 1.18 bits per heavy atom. The minimum Gasteiger partial charge on any atom is -0.493 e. The molecule has 0 bridgehead atoms. The molecule has 0 aliphatic carbocycles. The van der Waals surface area contributed by atoms with Gasteiger partial charge in [0.15, 0.2) is 11.5 Å². The van der Waals surface area contributed by atoms with Gasteiger partial charge in [-0.25, -0.2) is 0 Å². The van der Waals surface area contributed by atoms with Gasteiger partial charge in [-0.1, -0.05) is 0 Å². The van der Waals surface area contributed by atoms with Crippen molar-refractivity contribution in [3.63, 3.8) is 0 Å². The van der Waals surface area contributed by atoms with Crippen LogP contribution < -0.4 is 14.2 Å². The fourth-order valence-electron chi connectivity index (χ4n) is 2.73. The Kier molecular flexibility index (Phi) is 5.18. The van der Waals surface area contributed by atoms with E-state index in [0.717, 1.165) is 0 Å². The van der Waals surface area contributed by atoms with Crippen molar-refractivity contribution in [2.75, 3.05) is 34.4 Å². The van der Waals surface area contributed by atoms with Crippen LogP contribution in [-0.4, -0.2) is 65.2 Å². The van der Waals surface area contributed by atoms with Gasteiger partial charge in [0.05, 0.1) is 27.4 Å². The molecule has 2 unspecified atom stereocenters. The van der Waals surface area contributed by atoms with Crippen molar-refractivity contribution in [3.8, 4) is 17.2 Å². The van der Waals surface area contributed by atoms with Crippen LogP contribution in [0.3, 0.4) is 0 Å². The highest BCUT2D eigenvalue weighted by molar-refractivity contribution is 6.11. The Labute approximate surface area is 131 Å². The van der Waals surface area contributed by atoms with Crippen molar-refractivity contribution < 1.29 is 23.7 Å². The molecule has 6 nitrogen and oxygen atoms in total. The van der Waals surface area contributed by atoms with Crippen LogP contribution in [0.4, 0.5) is 0 Å². The van der Waals surface area contributed by atoms with Gasteiger partial charge >= 0.3 is 0 Å². The number of rotatable bonds is 4. The SMILES string of the molecule is BC1CN(C(=O)c2cc(OC)c(OC)c(OC)c2)CC(C)O1. The van der Waals surface area contributed by atoms with Crippen molar-refractivity contribution in [1.82, 2.24) is 4.90 Å². The summed E-state index contributed by atoms with van der Waals surface area (Å²) in [5.41, 5.74) is 0.510. The lowest BCUT2D eigenvalue weighted by atomic mass is 9.97. The van der Waals surface area contributed by atoms with E-state index >= 15 is 0 Å². The number of ether oxygens (including phenoxy) is 4. The summed E-state index contributed by atoms with van der Waals surface area (Å²) < 4.78 is 21.5. The summed E-state index contributed by atoms with van der Waals surface area (Å²) in [5.74, 6) is 1.35. The van der Waals surface area contributed by atoms with Gasteiger partial charge in [0.1, 0.15) is 7.85 Å². The molecular weight excluding hydrogens is 285 g/mol. The monoisotopic (exact) mass is 307 g/mol. The maximum atomic E-state index is 12.7. The molecule has 1 saturated heterocycles. The van der Waals surface area contributed by atoms with Gasteiger partial charge in [-0.15, -0.1) is 0 Å². The zero-order valence-electron chi connectivity index (χ0n) is 13.7. The first kappa shape index (κ1) is 16.5. The normalized spacial score (nSPS) is 21.4. The predicted octanol–water partition coefficient (Wildman–Crippen LogP) is 0.532. The van der Waals surface area contributed by atoms with E-state index in [1.54, 1.807) is 17.0 Å². The van der Waals surface area contributed by atoms with Crippen molar-refractivity contribution in [3.05, 3.63) is 17.7 Å². The van der Waals surface area contributed by atoms with Gasteiger partial charge in [0.25, 0.3) is 5.91 Å². The number of methoxy groups -OCH3 is 3. The van der Waals surface area contributed by atoms with Crippen molar-refractivity contribution in [2.45, 2.75) is 19.0 Å². The van der Waals surface area contributed by atoms with E-state index in [2.05, 4.69) is 0 Å². The van der Waals surface area contributed by atoms with Crippen LogP contribution in [-0.2, 0) is 4.74 Å². The molecule has 0 saturated carbocycles. The average Bonchev–Trinajstić information content (AvgIpc) is 2.51. The first-order valence-electron chi connectivity index (χ1n) is 7.24. The topological polar surface area (TPSA) is 57.2 Å². The van der Waals surface area contributed by atoms with Crippen LogP contribution in [0.5, 0.6) is 17.2 Å². The number of nitrogens with zero attached hydrogens (tertiary/aromatic N) is 1. The number of hydrogen-bond donors (Lipinski definition) is 0. The molecule has 2 atom stereocenters. The molecule has 22 heavy (non-hydrogen) atoms. The molecule has 1 aromatic rings. The minimum absolute atomic E-state index is 0.0229. The average molecular weight is 307 g/mol. The first-order valence-corrected chi connectivity index (χ1v) is 7.24. The van der Waals surface area contributed by atoms with Crippen LogP contribution in [0.15, 0.2) is 12.1 Å². The summed E-state index contributed by atoms with van der Waals surface area (Å²) >= 11 is 0. The molecule has 0 spiro atoms. The summed E-state index contributed by atoms with van der Waals surface area (Å²) in [4.78, 5) is 14.5. The van der Waals surface area contributed by atoms with Gasteiger partial charge in [-0.05, 0) is 19.1 Å². The van der Waals surface area contributed by atoms with E-state index in [0.29, 0.717) is 35.9 Å². The van der Waals surface area contributed by atoms with Gasteiger partial charge < -0.3 is 23.8 Å². The standard InChI is InChI=1S/C15H22BNO5/c1-9-7-17(8-13(16)22-9)15(18)10-5-11(19-2)14(21-4)12(6-10)20-3/h5-6,9,13H,7-8,16H2,1-4H3. The lowest BCUT2D eigenvalue weighted by Crippen LogP contribution is -2.49. The predicted molar refractivity (Wildman–Crippen MR) is 84.9 cm³/mol. The van der Waals surface area contributed by atoms with Gasteiger partial charge in [-0.3, -0.25) is 4.79 Å². The molecular formula is C15H22BNO5. The molecule has 120 valence electrons. The van der Waals surface area contributed by atoms with Gasteiger partial charge in [-0.2, -0.15) is 0 Å². The molecule has 1 aromatic carbocycles. The second kappa shape index (κ2) is 6.92. The molecule has 2 rings (SSSR count). The summed E-state index contributed by atoms with van der Waals surface area (Å²) in [6.45, 7) is 3.10. The maximum absolute atomic E-state index is 12.7. The molecule has 0 N–H and O–H groups in total. The van der Waals surface area contributed by atoms with Crippen LogP contribution in [0.2, 0.25) is 0 Å². The maximum Gasteiger partial charge on any atom is 0.254 e. The summed E-state index contributed by atoms with van der Waals surface area (Å²) in [5, 5.41) is 0. The summed E-state index contributed by atoms with van der Waals surface area (Å²) in [6.07, 6.45) is 0.0229. The number of benzene rings is 1. The van der Waals surface area contributed by atoms with Crippen LogP contribution in [0.1, 0.15) is 17.3 Å². The Balaban J connectivity index is 2.33. The molecule has 1 heterocycles. The zero-order valence-corrected chi connectivity index (χ0v) is 13.7. The van der Waals surface area contributed by atoms with E-state index in [-0.39, 0.29) is 18.0 Å². The van der Waals surface area contributed by atoms with Crippen molar-refractivity contribution in [2.24, 2.45) is 0 Å². The second-order valence-electron chi connectivity index (χ2n) is 5.38. The minimum atomic E-state index is -0.0683. The quantitative estimate of drug-likeness (QED) is 0.760. The number of amides is 1. The molecule has 0 radical (unpaired) electrons. The Hall–Kier alpha value is -1.89. The van der Waals surface area contributed by atoms with E-state index in [1.165, 1.54) is 21.3 Å². The molecule has 1 aliphatic rings.